The lowest BCUT2D eigenvalue weighted by Crippen LogP contribution is -2.25. The highest BCUT2D eigenvalue weighted by molar-refractivity contribution is 5.55. The smallest absolute Gasteiger partial charge is 0.235 e. The number of nitro groups is 3. The van der Waals surface area contributed by atoms with Crippen LogP contribution in [-0.4, -0.2) is 14.8 Å². The molecule has 56 heavy (non-hydrogen) atoms. The zero-order valence-corrected chi connectivity index (χ0v) is 29.8. The van der Waals surface area contributed by atoms with Crippen molar-refractivity contribution in [3.05, 3.63) is 228 Å². The van der Waals surface area contributed by atoms with Gasteiger partial charge >= 0.3 is 0 Å². The van der Waals surface area contributed by atoms with E-state index in [0.717, 1.165) is 35.3 Å². The maximum absolute atomic E-state index is 10.7. The van der Waals surface area contributed by atoms with Gasteiger partial charge in [0.05, 0.1) is 14.8 Å². The summed E-state index contributed by atoms with van der Waals surface area (Å²) in [5.74, 6) is 3.56. The van der Waals surface area contributed by atoms with Crippen molar-refractivity contribution in [3.8, 4) is 34.5 Å². The summed E-state index contributed by atoms with van der Waals surface area (Å²) in [5, 5.41) is 32.0. The van der Waals surface area contributed by atoms with Gasteiger partial charge < -0.3 is 14.2 Å². The molecule has 0 aliphatic heterocycles. The van der Waals surface area contributed by atoms with Crippen LogP contribution in [0.25, 0.3) is 18.2 Å². The van der Waals surface area contributed by atoms with E-state index in [0.29, 0.717) is 51.2 Å². The van der Waals surface area contributed by atoms with Crippen molar-refractivity contribution in [1.82, 2.24) is 0 Å². The molecule has 6 aromatic rings. The summed E-state index contributed by atoms with van der Waals surface area (Å²) < 4.78 is 18.3. The van der Waals surface area contributed by atoms with Crippen molar-refractivity contribution in [2.75, 3.05) is 0 Å². The molecule has 0 fully saturated rings. The minimum absolute atomic E-state index is 0.515. The van der Waals surface area contributed by atoms with Crippen LogP contribution < -0.4 is 14.2 Å². The van der Waals surface area contributed by atoms with E-state index in [2.05, 4.69) is 6.92 Å². The van der Waals surface area contributed by atoms with Crippen LogP contribution in [0.5, 0.6) is 34.5 Å². The van der Waals surface area contributed by atoms with Crippen LogP contribution in [0.3, 0.4) is 0 Å². The van der Waals surface area contributed by atoms with Crippen LogP contribution in [0.4, 0.5) is 0 Å². The largest absolute Gasteiger partial charge is 0.457 e. The summed E-state index contributed by atoms with van der Waals surface area (Å²) in [6.45, 7) is 2.13. The van der Waals surface area contributed by atoms with Gasteiger partial charge in [-0.1, -0.05) is 72.8 Å². The summed E-state index contributed by atoms with van der Waals surface area (Å²) in [6.07, 6.45) is 6.89. The van der Waals surface area contributed by atoms with Crippen LogP contribution in [0.2, 0.25) is 0 Å². The van der Waals surface area contributed by atoms with E-state index in [1.54, 1.807) is 72.8 Å². The number of hydrogen-bond donors (Lipinski definition) is 0. The number of nitrogens with zero attached hydrogens (tertiary/aromatic N) is 3. The molecule has 278 valence electrons. The Balaban J connectivity index is 1.25. The molecule has 0 aliphatic rings. The fourth-order valence-electron chi connectivity index (χ4n) is 5.86. The zero-order valence-electron chi connectivity index (χ0n) is 29.8. The summed E-state index contributed by atoms with van der Waals surface area (Å²) in [7, 11) is 0. The van der Waals surface area contributed by atoms with Gasteiger partial charge in [0.1, 0.15) is 34.5 Å². The van der Waals surface area contributed by atoms with Crippen molar-refractivity contribution in [2.24, 2.45) is 0 Å². The first-order chi connectivity index (χ1) is 27.0. The number of rotatable bonds is 15. The molecule has 6 rings (SSSR count). The number of ether oxygens (including phenoxy) is 3. The lowest BCUT2D eigenvalue weighted by Gasteiger charge is -2.32. The van der Waals surface area contributed by atoms with Crippen LogP contribution in [0.15, 0.2) is 164 Å². The molecule has 0 atom stereocenters. The Morgan fingerprint density at radius 2 is 0.571 bits per heavy atom. The molecule has 0 radical (unpaired) electrons. The van der Waals surface area contributed by atoms with Crippen molar-refractivity contribution < 1.29 is 29.0 Å². The summed E-state index contributed by atoms with van der Waals surface area (Å²) in [4.78, 5) is 30.4. The Morgan fingerprint density at radius 3 is 0.768 bits per heavy atom. The Morgan fingerprint density at radius 1 is 0.375 bits per heavy atom. The van der Waals surface area contributed by atoms with Gasteiger partial charge in [-0.05, 0) is 113 Å². The van der Waals surface area contributed by atoms with Crippen molar-refractivity contribution in [3.63, 3.8) is 0 Å². The first-order valence-corrected chi connectivity index (χ1v) is 17.1. The van der Waals surface area contributed by atoms with Gasteiger partial charge in [-0.15, -0.1) is 0 Å². The highest BCUT2D eigenvalue weighted by Gasteiger charge is 2.31. The van der Waals surface area contributed by atoms with Gasteiger partial charge in [0.25, 0.3) is 0 Å². The lowest BCUT2D eigenvalue weighted by molar-refractivity contribution is -0.401. The van der Waals surface area contributed by atoms with Gasteiger partial charge in [-0.2, -0.15) is 0 Å². The fraction of sp³-hybridized carbons (Fsp3) is 0.0455. The van der Waals surface area contributed by atoms with Gasteiger partial charge in [0, 0.05) is 23.6 Å². The Labute approximate surface area is 321 Å². The molecule has 0 spiro atoms. The molecule has 0 heterocycles. The first-order valence-electron chi connectivity index (χ1n) is 17.1. The summed E-state index contributed by atoms with van der Waals surface area (Å²) >= 11 is 0. The maximum Gasteiger partial charge on any atom is 0.235 e. The second kappa shape index (κ2) is 17.3. The monoisotopic (exact) mass is 747 g/mol. The van der Waals surface area contributed by atoms with Crippen molar-refractivity contribution >= 4 is 18.2 Å². The van der Waals surface area contributed by atoms with Crippen LogP contribution in [0, 0.1) is 30.3 Å². The number of hydrogen-bond acceptors (Lipinski definition) is 9. The molecular weight excluding hydrogens is 714 g/mol. The zero-order chi connectivity index (χ0) is 39.5. The highest BCUT2D eigenvalue weighted by Crippen LogP contribution is 2.41. The Hall–Kier alpha value is -7.86. The van der Waals surface area contributed by atoms with E-state index in [1.807, 2.05) is 72.8 Å². The minimum atomic E-state index is -0.656. The molecule has 0 saturated carbocycles. The molecule has 0 amide bonds. The van der Waals surface area contributed by atoms with Crippen molar-refractivity contribution in [2.45, 2.75) is 12.3 Å². The molecule has 0 unspecified atom stereocenters. The number of benzene rings is 6. The quantitative estimate of drug-likeness (QED) is 0.0566. The molecular formula is C44H33N3O9. The van der Waals surface area contributed by atoms with Crippen LogP contribution in [-0.2, 0) is 5.41 Å². The Kier molecular flexibility index (Phi) is 11.7. The third-order valence-electron chi connectivity index (χ3n) is 8.81. The first kappa shape index (κ1) is 37.9. The SMILES string of the molecule is CC(c1ccc(Oc2ccc(/C=C/[N+](=O)[O-])cc2)cc1)(c1ccc(Oc2ccc(/C=C/[N+](=O)[O-])cc2)cc1)c1ccc(Oc2ccc(/C=C/[N+](=O)[O-])cc2)cc1. The average Bonchev–Trinajstić information content (AvgIpc) is 3.20. The van der Waals surface area contributed by atoms with Crippen LogP contribution >= 0.6 is 0 Å². The second-order valence-electron chi connectivity index (χ2n) is 12.5. The normalized spacial score (nSPS) is 11.5. The highest BCUT2D eigenvalue weighted by atomic mass is 16.6. The van der Waals surface area contributed by atoms with E-state index < -0.39 is 20.2 Å². The molecule has 0 aromatic heterocycles. The van der Waals surface area contributed by atoms with Crippen LogP contribution in [0.1, 0.15) is 40.3 Å². The standard InChI is InChI=1S/C44H33N3O9/c1-44(35-8-20-41(21-9-35)54-38-14-2-32(3-15-38)26-29-45(48)49,36-10-22-42(23-11-36)55-39-16-4-33(5-17-39)27-30-46(50)51)37-12-24-43(25-13-37)56-40-18-6-34(7-19-40)28-31-47(52)53/h2-31H,1H3/b29-26+,30-27+,31-28+. The molecule has 0 bridgehead atoms. The molecule has 12 nitrogen and oxygen atoms in total. The molecule has 12 heteroatoms. The van der Waals surface area contributed by atoms with E-state index in [4.69, 9.17) is 14.2 Å². The third kappa shape index (κ3) is 9.96. The van der Waals surface area contributed by atoms with Gasteiger partial charge in [-0.3, -0.25) is 30.3 Å². The van der Waals surface area contributed by atoms with Gasteiger partial charge in [0.15, 0.2) is 0 Å². The van der Waals surface area contributed by atoms with E-state index in [-0.39, 0.29) is 0 Å². The lowest BCUT2D eigenvalue weighted by atomic mass is 9.71. The third-order valence-corrected chi connectivity index (χ3v) is 8.81. The van der Waals surface area contributed by atoms with Crippen molar-refractivity contribution in [1.29, 1.82) is 0 Å². The molecule has 6 aromatic carbocycles. The van der Waals surface area contributed by atoms with Gasteiger partial charge in [0.2, 0.25) is 18.6 Å². The molecule has 0 saturated heterocycles. The average molecular weight is 748 g/mol. The Bertz CT molecular complexity index is 2120. The van der Waals surface area contributed by atoms with E-state index >= 15 is 0 Å². The maximum atomic E-state index is 10.7. The summed E-state index contributed by atoms with van der Waals surface area (Å²) in [5.41, 5.74) is 4.30. The molecule has 0 N–H and O–H groups in total. The predicted molar refractivity (Wildman–Crippen MR) is 213 cm³/mol. The van der Waals surface area contributed by atoms with E-state index in [9.17, 15) is 30.3 Å². The van der Waals surface area contributed by atoms with E-state index in [1.165, 1.54) is 18.2 Å². The topological polar surface area (TPSA) is 157 Å². The summed E-state index contributed by atoms with van der Waals surface area (Å²) in [6, 6.07) is 44.2. The predicted octanol–water partition coefficient (Wildman–Crippen LogP) is 11.2. The molecule has 0 aliphatic carbocycles. The fourth-order valence-corrected chi connectivity index (χ4v) is 5.86. The second-order valence-corrected chi connectivity index (χ2v) is 12.5. The minimum Gasteiger partial charge on any atom is -0.457 e. The van der Waals surface area contributed by atoms with Gasteiger partial charge in [-0.25, -0.2) is 0 Å².